The Labute approximate surface area is 272 Å². The van der Waals surface area contributed by atoms with E-state index in [-0.39, 0.29) is 37.2 Å². The molecular weight excluding hydrogens is 600 g/mol. The number of unbranched alkanes of at least 4 members (excludes halogenated alkanes) is 2. The molecule has 0 bridgehead atoms. The van der Waals surface area contributed by atoms with Crippen LogP contribution >= 0.6 is 0 Å². The van der Waals surface area contributed by atoms with E-state index in [1.54, 1.807) is 0 Å². The van der Waals surface area contributed by atoms with Crippen LogP contribution in [0.3, 0.4) is 0 Å². The average molecular weight is 655 g/mol. The van der Waals surface area contributed by atoms with Crippen molar-refractivity contribution in [2.24, 2.45) is 23.7 Å². The predicted molar refractivity (Wildman–Crippen MR) is 172 cm³/mol. The minimum atomic E-state index is -4.37. The number of carbonyl (C=O) groups excluding carboxylic acids is 1. The highest BCUT2D eigenvalue weighted by atomic mass is 19.3. The maximum absolute atomic E-state index is 15.6. The summed E-state index contributed by atoms with van der Waals surface area (Å²) in [6.45, 7) is 11.0. The van der Waals surface area contributed by atoms with E-state index in [0.717, 1.165) is 30.9 Å². The standard InChI is InChI=1S/C37H54F4O5/c1-6-7-8-9-27-10-12-28(13-11-27)29-14-18-32(19-15-29)36(38,39)37(40,41)33-20-16-30(17-21-33)31(23-45-34(43)25(2)3)24-46-35(5,44)26(4)22-42/h16-17,20-21,27-29,31-32,42,44H,2,4,6-15,18-19,22-24H2,1,3,5H3. The monoisotopic (exact) mass is 654 g/mol. The molecule has 2 fully saturated rings. The third-order valence-corrected chi connectivity index (χ3v) is 10.4. The van der Waals surface area contributed by atoms with Gasteiger partial charge < -0.3 is 19.7 Å². The number of rotatable bonds is 17. The number of alkyl halides is 4. The SMILES string of the molecule is C=C(C)C(=O)OCC(COC(C)(O)C(=C)CO)c1ccc(C(F)(F)C(F)(F)C2CCC(C3CCC(CCCCC)CC3)CC2)cc1. The molecule has 3 rings (SSSR count). The normalized spacial score (nSPS) is 24.5. The van der Waals surface area contributed by atoms with Crippen molar-refractivity contribution in [3.8, 4) is 0 Å². The van der Waals surface area contributed by atoms with Crippen LogP contribution in [0.1, 0.15) is 115 Å². The highest BCUT2D eigenvalue weighted by Gasteiger charge is 2.61. The topological polar surface area (TPSA) is 76.0 Å². The van der Waals surface area contributed by atoms with Gasteiger partial charge in [-0.2, -0.15) is 17.6 Å². The van der Waals surface area contributed by atoms with Crippen LogP contribution in [0.2, 0.25) is 0 Å². The Morgan fingerprint density at radius 2 is 1.50 bits per heavy atom. The maximum atomic E-state index is 15.6. The first kappa shape index (κ1) is 38.2. The molecule has 2 unspecified atom stereocenters. The molecule has 260 valence electrons. The van der Waals surface area contributed by atoms with Crippen molar-refractivity contribution >= 4 is 5.97 Å². The number of hydrogen-bond acceptors (Lipinski definition) is 5. The van der Waals surface area contributed by atoms with Crippen molar-refractivity contribution in [3.63, 3.8) is 0 Å². The number of esters is 1. The van der Waals surface area contributed by atoms with Crippen LogP contribution in [0.4, 0.5) is 17.6 Å². The fraction of sp³-hybridized carbons (Fsp3) is 0.703. The van der Waals surface area contributed by atoms with Crippen LogP contribution in [0.5, 0.6) is 0 Å². The summed E-state index contributed by atoms with van der Waals surface area (Å²) >= 11 is 0. The second-order valence-electron chi connectivity index (χ2n) is 13.8. The van der Waals surface area contributed by atoms with Crippen LogP contribution in [0, 0.1) is 23.7 Å². The molecule has 0 amide bonds. The van der Waals surface area contributed by atoms with Gasteiger partial charge in [0.2, 0.25) is 0 Å². The van der Waals surface area contributed by atoms with Crippen molar-refractivity contribution in [2.75, 3.05) is 19.8 Å². The number of carbonyl (C=O) groups is 1. The van der Waals surface area contributed by atoms with E-state index in [9.17, 15) is 15.0 Å². The van der Waals surface area contributed by atoms with Crippen molar-refractivity contribution in [1.29, 1.82) is 0 Å². The Kier molecular flexibility index (Phi) is 13.9. The van der Waals surface area contributed by atoms with Gasteiger partial charge in [-0.3, -0.25) is 0 Å². The van der Waals surface area contributed by atoms with Crippen LogP contribution < -0.4 is 0 Å². The molecule has 1 aromatic rings. The van der Waals surface area contributed by atoms with E-state index in [1.807, 2.05) is 0 Å². The largest absolute Gasteiger partial charge is 0.462 e. The smallest absolute Gasteiger partial charge is 0.335 e. The van der Waals surface area contributed by atoms with Gasteiger partial charge in [0.05, 0.1) is 13.2 Å². The van der Waals surface area contributed by atoms with Gasteiger partial charge in [-0.15, -0.1) is 0 Å². The highest BCUT2D eigenvalue weighted by molar-refractivity contribution is 5.86. The number of halogens is 4. The zero-order valence-corrected chi connectivity index (χ0v) is 27.8. The Morgan fingerprint density at radius 3 is 2.02 bits per heavy atom. The minimum Gasteiger partial charge on any atom is -0.462 e. The van der Waals surface area contributed by atoms with Gasteiger partial charge in [-0.25, -0.2) is 4.79 Å². The predicted octanol–water partition coefficient (Wildman–Crippen LogP) is 9.08. The molecule has 2 saturated carbocycles. The molecule has 2 aliphatic rings. The second-order valence-corrected chi connectivity index (χ2v) is 13.8. The van der Waals surface area contributed by atoms with Gasteiger partial charge in [-0.05, 0) is 75.7 Å². The summed E-state index contributed by atoms with van der Waals surface area (Å²) in [7, 11) is 0. The van der Waals surface area contributed by atoms with Crippen molar-refractivity contribution in [2.45, 2.75) is 121 Å². The van der Waals surface area contributed by atoms with Gasteiger partial charge >= 0.3 is 17.8 Å². The zero-order valence-electron chi connectivity index (χ0n) is 27.8. The van der Waals surface area contributed by atoms with Crippen molar-refractivity contribution in [3.05, 3.63) is 59.7 Å². The lowest BCUT2D eigenvalue weighted by Gasteiger charge is -2.41. The van der Waals surface area contributed by atoms with Crippen LogP contribution in [-0.4, -0.2) is 47.7 Å². The van der Waals surface area contributed by atoms with E-state index in [4.69, 9.17) is 9.47 Å². The van der Waals surface area contributed by atoms with Gasteiger partial charge in [0.25, 0.3) is 0 Å². The number of aliphatic hydroxyl groups excluding tert-OH is 1. The average Bonchev–Trinajstić information content (AvgIpc) is 3.04. The summed E-state index contributed by atoms with van der Waals surface area (Å²) in [6.07, 6.45) is 11.0. The molecule has 0 aromatic heterocycles. The Morgan fingerprint density at radius 1 is 0.935 bits per heavy atom. The lowest BCUT2D eigenvalue weighted by atomic mass is 9.67. The lowest BCUT2D eigenvalue weighted by molar-refractivity contribution is -0.249. The minimum absolute atomic E-state index is 0.0124. The van der Waals surface area contributed by atoms with Gasteiger partial charge in [0, 0.05) is 28.5 Å². The van der Waals surface area contributed by atoms with Gasteiger partial charge in [-0.1, -0.05) is 82.9 Å². The first-order valence-electron chi connectivity index (χ1n) is 17.0. The maximum Gasteiger partial charge on any atom is 0.335 e. The molecule has 0 saturated heterocycles. The summed E-state index contributed by atoms with van der Waals surface area (Å²) < 4.78 is 72.9. The summed E-state index contributed by atoms with van der Waals surface area (Å²) in [5.41, 5.74) is -0.272. The number of aliphatic hydroxyl groups is 2. The Bertz CT molecular complexity index is 1130. The van der Waals surface area contributed by atoms with Gasteiger partial charge in [0.1, 0.15) is 6.61 Å². The Hall–Kier alpha value is -2.23. The summed E-state index contributed by atoms with van der Waals surface area (Å²) in [6, 6.07) is 4.53. The molecular formula is C37H54F4O5. The third-order valence-electron chi connectivity index (χ3n) is 10.4. The van der Waals surface area contributed by atoms with Crippen LogP contribution in [0.15, 0.2) is 48.6 Å². The fourth-order valence-electron chi connectivity index (χ4n) is 7.05. The molecule has 46 heavy (non-hydrogen) atoms. The summed E-state index contributed by atoms with van der Waals surface area (Å²) in [5.74, 6) is -11.7. The third kappa shape index (κ3) is 9.66. The lowest BCUT2D eigenvalue weighted by Crippen LogP contribution is -2.46. The van der Waals surface area contributed by atoms with Gasteiger partial charge in [0.15, 0.2) is 5.79 Å². The molecule has 2 atom stereocenters. The molecule has 0 radical (unpaired) electrons. The molecule has 2 aliphatic carbocycles. The molecule has 5 nitrogen and oxygen atoms in total. The molecule has 0 spiro atoms. The summed E-state index contributed by atoms with van der Waals surface area (Å²) in [4.78, 5) is 12.0. The first-order chi connectivity index (χ1) is 21.6. The fourth-order valence-corrected chi connectivity index (χ4v) is 7.05. The molecule has 2 N–H and O–H groups in total. The first-order valence-corrected chi connectivity index (χ1v) is 17.0. The van der Waals surface area contributed by atoms with E-state index < -0.39 is 47.6 Å². The molecule has 0 aliphatic heterocycles. The van der Waals surface area contributed by atoms with Crippen molar-refractivity contribution in [1.82, 2.24) is 0 Å². The molecule has 0 heterocycles. The van der Waals surface area contributed by atoms with Crippen LogP contribution in [-0.2, 0) is 20.2 Å². The number of ether oxygens (including phenoxy) is 2. The second kappa shape index (κ2) is 16.7. The zero-order chi connectivity index (χ0) is 34.1. The Balaban J connectivity index is 1.64. The van der Waals surface area contributed by atoms with E-state index >= 15 is 17.6 Å². The van der Waals surface area contributed by atoms with E-state index in [2.05, 4.69) is 20.1 Å². The summed E-state index contributed by atoms with van der Waals surface area (Å²) in [5, 5.41) is 19.8. The molecule has 9 heteroatoms. The number of hydrogen-bond donors (Lipinski definition) is 2. The van der Waals surface area contributed by atoms with E-state index in [0.29, 0.717) is 30.2 Å². The van der Waals surface area contributed by atoms with E-state index in [1.165, 1.54) is 64.5 Å². The van der Waals surface area contributed by atoms with Crippen LogP contribution in [0.25, 0.3) is 0 Å². The number of benzene rings is 1. The van der Waals surface area contributed by atoms with Crippen molar-refractivity contribution < 1.29 is 42.0 Å². The highest BCUT2D eigenvalue weighted by Crippen LogP contribution is 2.53. The quantitative estimate of drug-likeness (QED) is 0.0438. The molecule has 1 aromatic carbocycles.